The standard InChI is InChI=1S/C6H6.C5H8O3/c1-2-4-6-5-3-1;1-2-4(6)3-5(7)8/h1-6H;2,4,6H,1,3H2,(H,7,8). The zero-order valence-corrected chi connectivity index (χ0v) is 7.84. The first kappa shape index (κ1) is 12.4. The van der Waals surface area contributed by atoms with Gasteiger partial charge >= 0.3 is 5.97 Å². The number of rotatable bonds is 3. The SMILES string of the molecule is C=CC(O)CC(=O)O.c1ccccc1. The van der Waals surface area contributed by atoms with E-state index in [0.29, 0.717) is 0 Å². The molecule has 1 rings (SSSR count). The first-order valence-electron chi connectivity index (χ1n) is 4.19. The summed E-state index contributed by atoms with van der Waals surface area (Å²) in [5.74, 6) is -1.02. The molecule has 2 N–H and O–H groups in total. The molecule has 0 fully saturated rings. The molecule has 0 aliphatic carbocycles. The van der Waals surface area contributed by atoms with Gasteiger partial charge in [-0.3, -0.25) is 4.79 Å². The summed E-state index contributed by atoms with van der Waals surface area (Å²) in [6.45, 7) is 3.20. The molecule has 14 heavy (non-hydrogen) atoms. The van der Waals surface area contributed by atoms with Gasteiger partial charge in [-0.15, -0.1) is 6.58 Å². The van der Waals surface area contributed by atoms with Crippen molar-refractivity contribution in [2.75, 3.05) is 0 Å². The maximum atomic E-state index is 9.76. The van der Waals surface area contributed by atoms with E-state index in [9.17, 15) is 4.79 Å². The Hall–Kier alpha value is -1.61. The highest BCUT2D eigenvalue weighted by Crippen LogP contribution is 1.89. The zero-order chi connectivity index (χ0) is 10.8. The van der Waals surface area contributed by atoms with E-state index in [4.69, 9.17) is 10.2 Å². The van der Waals surface area contributed by atoms with E-state index in [0.717, 1.165) is 0 Å². The number of aliphatic carboxylic acids is 1. The molecule has 0 amide bonds. The normalized spacial score (nSPS) is 10.6. The molecule has 0 heterocycles. The highest BCUT2D eigenvalue weighted by Gasteiger charge is 2.02. The van der Waals surface area contributed by atoms with Gasteiger partial charge in [0.1, 0.15) is 0 Å². The van der Waals surface area contributed by atoms with Crippen molar-refractivity contribution in [1.82, 2.24) is 0 Å². The third kappa shape index (κ3) is 8.49. The first-order chi connectivity index (χ1) is 6.66. The van der Waals surface area contributed by atoms with Crippen LogP contribution in [-0.2, 0) is 4.79 Å². The van der Waals surface area contributed by atoms with Gasteiger partial charge in [0.05, 0.1) is 12.5 Å². The second-order valence-electron chi connectivity index (χ2n) is 2.56. The van der Waals surface area contributed by atoms with Crippen molar-refractivity contribution >= 4 is 5.97 Å². The van der Waals surface area contributed by atoms with Gasteiger partial charge in [-0.2, -0.15) is 0 Å². The van der Waals surface area contributed by atoms with Crippen LogP contribution < -0.4 is 0 Å². The molecule has 0 saturated heterocycles. The Labute approximate surface area is 83.3 Å². The zero-order valence-electron chi connectivity index (χ0n) is 7.84. The van der Waals surface area contributed by atoms with Crippen molar-refractivity contribution in [1.29, 1.82) is 0 Å². The molecule has 1 aromatic carbocycles. The molecular weight excluding hydrogens is 180 g/mol. The summed E-state index contributed by atoms with van der Waals surface area (Å²) >= 11 is 0. The number of benzene rings is 1. The lowest BCUT2D eigenvalue weighted by Crippen LogP contribution is -2.08. The summed E-state index contributed by atoms with van der Waals surface area (Å²) < 4.78 is 0. The van der Waals surface area contributed by atoms with E-state index in [1.54, 1.807) is 0 Å². The molecule has 0 aliphatic rings. The summed E-state index contributed by atoms with van der Waals surface area (Å²) in [5, 5.41) is 16.5. The third-order valence-electron chi connectivity index (χ3n) is 1.32. The molecule has 0 radical (unpaired) electrons. The number of carboxylic acids is 1. The van der Waals surface area contributed by atoms with Crippen molar-refractivity contribution in [3.8, 4) is 0 Å². The predicted molar refractivity (Wildman–Crippen MR) is 54.9 cm³/mol. The predicted octanol–water partition coefficient (Wildman–Crippen LogP) is 1.69. The quantitative estimate of drug-likeness (QED) is 0.720. The lowest BCUT2D eigenvalue weighted by Gasteiger charge is -1.96. The highest BCUT2D eigenvalue weighted by molar-refractivity contribution is 5.67. The van der Waals surface area contributed by atoms with Crippen LogP contribution in [-0.4, -0.2) is 22.3 Å². The van der Waals surface area contributed by atoms with Crippen LogP contribution in [0.25, 0.3) is 0 Å². The molecule has 0 spiro atoms. The second-order valence-corrected chi connectivity index (χ2v) is 2.56. The first-order valence-corrected chi connectivity index (χ1v) is 4.19. The fourth-order valence-corrected chi connectivity index (χ4v) is 0.647. The lowest BCUT2D eigenvalue weighted by atomic mass is 10.2. The van der Waals surface area contributed by atoms with Crippen LogP contribution in [0.1, 0.15) is 6.42 Å². The summed E-state index contributed by atoms with van der Waals surface area (Å²) in [5.41, 5.74) is 0. The smallest absolute Gasteiger partial charge is 0.306 e. The summed E-state index contributed by atoms with van der Waals surface area (Å²) in [6.07, 6.45) is 0.0185. The van der Waals surface area contributed by atoms with E-state index < -0.39 is 12.1 Å². The van der Waals surface area contributed by atoms with Crippen molar-refractivity contribution in [3.05, 3.63) is 49.1 Å². The van der Waals surface area contributed by atoms with Gasteiger partial charge in [0, 0.05) is 0 Å². The van der Waals surface area contributed by atoms with Gasteiger partial charge in [-0.1, -0.05) is 42.5 Å². The average molecular weight is 194 g/mol. The fraction of sp³-hybridized carbons (Fsp3) is 0.182. The maximum Gasteiger partial charge on any atom is 0.306 e. The van der Waals surface area contributed by atoms with Gasteiger partial charge < -0.3 is 10.2 Å². The molecule has 0 aliphatic heterocycles. The van der Waals surface area contributed by atoms with E-state index >= 15 is 0 Å². The van der Waals surface area contributed by atoms with Crippen LogP contribution in [0.3, 0.4) is 0 Å². The molecule has 1 unspecified atom stereocenters. The summed E-state index contributed by atoms with van der Waals surface area (Å²) in [4.78, 5) is 9.76. The monoisotopic (exact) mass is 194 g/mol. The van der Waals surface area contributed by atoms with Gasteiger partial charge in [0.2, 0.25) is 0 Å². The Morgan fingerprint density at radius 2 is 1.57 bits per heavy atom. The molecule has 0 aromatic heterocycles. The Bertz CT molecular complexity index is 230. The molecule has 0 saturated carbocycles. The van der Waals surface area contributed by atoms with Gasteiger partial charge in [-0.25, -0.2) is 0 Å². The Balaban J connectivity index is 0.000000249. The Kier molecular flexibility index (Phi) is 7.09. The number of carboxylic acid groups (broad SMARTS) is 1. The van der Waals surface area contributed by atoms with Gasteiger partial charge in [-0.05, 0) is 0 Å². The molecule has 3 heteroatoms. The summed E-state index contributed by atoms with van der Waals surface area (Å²) in [7, 11) is 0. The second kappa shape index (κ2) is 8.01. The molecule has 1 aromatic rings. The fourth-order valence-electron chi connectivity index (χ4n) is 0.647. The summed E-state index contributed by atoms with van der Waals surface area (Å²) in [6, 6.07) is 12.0. The van der Waals surface area contributed by atoms with E-state index in [1.807, 2.05) is 36.4 Å². The van der Waals surface area contributed by atoms with Crippen LogP contribution in [0.5, 0.6) is 0 Å². The molecule has 0 bridgehead atoms. The van der Waals surface area contributed by atoms with E-state index in [-0.39, 0.29) is 6.42 Å². The van der Waals surface area contributed by atoms with Crippen molar-refractivity contribution in [3.63, 3.8) is 0 Å². The van der Waals surface area contributed by atoms with Gasteiger partial charge in [0.25, 0.3) is 0 Å². The molecule has 76 valence electrons. The molecule has 3 nitrogen and oxygen atoms in total. The number of hydrogen-bond acceptors (Lipinski definition) is 2. The minimum Gasteiger partial charge on any atom is -0.481 e. The van der Waals surface area contributed by atoms with Crippen molar-refractivity contribution in [2.24, 2.45) is 0 Å². The van der Waals surface area contributed by atoms with Gasteiger partial charge in [0.15, 0.2) is 0 Å². The number of carbonyl (C=O) groups is 1. The third-order valence-corrected chi connectivity index (χ3v) is 1.32. The van der Waals surface area contributed by atoms with E-state index in [1.165, 1.54) is 6.08 Å². The van der Waals surface area contributed by atoms with E-state index in [2.05, 4.69) is 6.58 Å². The average Bonchev–Trinajstić information content (AvgIpc) is 2.20. The van der Waals surface area contributed by atoms with Crippen LogP contribution in [0.2, 0.25) is 0 Å². The van der Waals surface area contributed by atoms with Crippen LogP contribution in [0.15, 0.2) is 49.1 Å². The van der Waals surface area contributed by atoms with Crippen LogP contribution >= 0.6 is 0 Å². The van der Waals surface area contributed by atoms with Crippen LogP contribution in [0, 0.1) is 0 Å². The van der Waals surface area contributed by atoms with Crippen molar-refractivity contribution in [2.45, 2.75) is 12.5 Å². The molecule has 1 atom stereocenters. The largest absolute Gasteiger partial charge is 0.481 e. The number of aliphatic hydroxyl groups is 1. The minimum absolute atomic E-state index is 0.260. The highest BCUT2D eigenvalue weighted by atomic mass is 16.4. The maximum absolute atomic E-state index is 9.76. The lowest BCUT2D eigenvalue weighted by molar-refractivity contribution is -0.138. The van der Waals surface area contributed by atoms with Crippen LogP contribution in [0.4, 0.5) is 0 Å². The Morgan fingerprint density at radius 3 is 1.71 bits per heavy atom. The number of hydrogen-bond donors (Lipinski definition) is 2. The van der Waals surface area contributed by atoms with Crippen molar-refractivity contribution < 1.29 is 15.0 Å². The molecular formula is C11H14O3. The Morgan fingerprint density at radius 1 is 1.21 bits per heavy atom. The number of aliphatic hydroxyl groups excluding tert-OH is 1. The minimum atomic E-state index is -1.02. The topological polar surface area (TPSA) is 57.5 Å².